The zero-order chi connectivity index (χ0) is 17.2. The van der Waals surface area contributed by atoms with Crippen molar-refractivity contribution in [2.45, 2.75) is 26.1 Å². The molecule has 1 atom stereocenters. The highest BCUT2D eigenvalue weighted by atomic mass is 19.4. The molecule has 1 aromatic carbocycles. The van der Waals surface area contributed by atoms with Gasteiger partial charge in [0.15, 0.2) is 5.76 Å². The molecule has 0 saturated heterocycles. The van der Waals surface area contributed by atoms with E-state index in [4.69, 9.17) is 4.42 Å². The number of rotatable bonds is 4. The van der Waals surface area contributed by atoms with Gasteiger partial charge in [-0.15, -0.1) is 0 Å². The molecule has 2 aromatic rings. The predicted molar refractivity (Wildman–Crippen MR) is 76.9 cm³/mol. The lowest BCUT2D eigenvalue weighted by Gasteiger charge is -2.20. The highest BCUT2D eigenvalue weighted by Gasteiger charge is 2.35. The van der Waals surface area contributed by atoms with Gasteiger partial charge < -0.3 is 14.8 Å². The summed E-state index contributed by atoms with van der Waals surface area (Å²) in [6.07, 6.45) is -4.58. The summed E-state index contributed by atoms with van der Waals surface area (Å²) in [7, 11) is 0. The number of furan rings is 1. The van der Waals surface area contributed by atoms with Gasteiger partial charge in [-0.2, -0.15) is 13.2 Å². The van der Waals surface area contributed by atoms with E-state index in [1.54, 1.807) is 13.8 Å². The van der Waals surface area contributed by atoms with Crippen molar-refractivity contribution in [2.24, 2.45) is 0 Å². The van der Waals surface area contributed by atoms with Crippen LogP contribution in [0.4, 0.5) is 13.2 Å². The lowest BCUT2D eigenvalue weighted by atomic mass is 10.00. The summed E-state index contributed by atoms with van der Waals surface area (Å²) in [6, 6.07) is 5.11. The Morgan fingerprint density at radius 3 is 2.48 bits per heavy atom. The highest BCUT2D eigenvalue weighted by Crippen LogP contribution is 2.34. The average Bonchev–Trinajstić information content (AvgIpc) is 2.83. The molecule has 1 unspecified atom stereocenters. The number of nitrogens with one attached hydrogen (secondary N) is 1. The Kier molecular flexibility index (Phi) is 4.79. The zero-order valence-corrected chi connectivity index (χ0v) is 12.6. The van der Waals surface area contributed by atoms with Gasteiger partial charge in [-0.3, -0.25) is 4.79 Å². The van der Waals surface area contributed by atoms with Gasteiger partial charge >= 0.3 is 6.18 Å². The van der Waals surface area contributed by atoms with E-state index >= 15 is 0 Å². The van der Waals surface area contributed by atoms with E-state index in [0.717, 1.165) is 11.6 Å². The van der Waals surface area contributed by atoms with Gasteiger partial charge in [0.05, 0.1) is 18.2 Å². The summed E-state index contributed by atoms with van der Waals surface area (Å²) in [5.74, 6) is -0.147. The summed E-state index contributed by atoms with van der Waals surface area (Å²) in [4.78, 5) is 12.1. The van der Waals surface area contributed by atoms with Crippen LogP contribution in [0.2, 0.25) is 0 Å². The second-order valence-electron chi connectivity index (χ2n) is 5.14. The molecular formula is C16H16F3NO3. The molecule has 4 nitrogen and oxygen atoms in total. The Morgan fingerprint density at radius 2 is 1.96 bits per heavy atom. The molecule has 2 rings (SSSR count). The van der Waals surface area contributed by atoms with Crippen LogP contribution in [0.25, 0.3) is 0 Å². The van der Waals surface area contributed by atoms with Gasteiger partial charge in [0.25, 0.3) is 5.91 Å². The van der Waals surface area contributed by atoms with Crippen LogP contribution >= 0.6 is 0 Å². The van der Waals surface area contributed by atoms with Crippen molar-refractivity contribution in [2.75, 3.05) is 6.61 Å². The number of aliphatic hydroxyl groups is 1. The number of halogens is 3. The molecule has 0 spiro atoms. The predicted octanol–water partition coefficient (Wildman–Crippen LogP) is 3.38. The summed E-state index contributed by atoms with van der Waals surface area (Å²) >= 11 is 0. The maximum Gasteiger partial charge on any atom is 0.416 e. The third-order valence-electron chi connectivity index (χ3n) is 3.52. The smallest absolute Gasteiger partial charge is 0.416 e. The maximum atomic E-state index is 13.0. The second kappa shape index (κ2) is 6.45. The Hall–Kier alpha value is -2.28. The van der Waals surface area contributed by atoms with Crippen molar-refractivity contribution in [3.05, 3.63) is 58.5 Å². The standard InChI is InChI=1S/C16H16F3NO3/c1-9-7-14(23-10(9)2)15(22)20-13(8-21)11-5-3-4-6-12(11)16(17,18)19/h3-7,13,21H,8H2,1-2H3,(H,20,22). The van der Waals surface area contributed by atoms with E-state index in [1.807, 2.05) is 0 Å². The SMILES string of the molecule is Cc1cc(C(=O)NC(CO)c2ccccc2C(F)(F)F)oc1C. The first-order valence-corrected chi connectivity index (χ1v) is 6.89. The minimum absolute atomic E-state index is 0.0112. The Morgan fingerprint density at radius 1 is 1.30 bits per heavy atom. The molecule has 0 aliphatic carbocycles. The fourth-order valence-corrected chi connectivity index (χ4v) is 2.20. The fraction of sp³-hybridized carbons (Fsp3) is 0.312. The number of aliphatic hydroxyl groups excluding tert-OH is 1. The lowest BCUT2D eigenvalue weighted by Crippen LogP contribution is -2.32. The zero-order valence-electron chi connectivity index (χ0n) is 12.6. The molecule has 7 heteroatoms. The Balaban J connectivity index is 2.29. The van der Waals surface area contributed by atoms with Crippen molar-refractivity contribution in [1.29, 1.82) is 0 Å². The van der Waals surface area contributed by atoms with Crippen LogP contribution in [-0.2, 0) is 6.18 Å². The molecule has 1 aromatic heterocycles. The van der Waals surface area contributed by atoms with Gasteiger partial charge in [-0.1, -0.05) is 18.2 Å². The first kappa shape index (κ1) is 17.1. The third kappa shape index (κ3) is 3.73. The Labute approximate surface area is 130 Å². The van der Waals surface area contributed by atoms with Crippen molar-refractivity contribution >= 4 is 5.91 Å². The number of carbonyl (C=O) groups excluding carboxylic acids is 1. The van der Waals surface area contributed by atoms with Gasteiger partial charge in [-0.05, 0) is 37.1 Å². The first-order chi connectivity index (χ1) is 10.7. The molecule has 0 aliphatic rings. The maximum absolute atomic E-state index is 13.0. The third-order valence-corrected chi connectivity index (χ3v) is 3.52. The molecule has 0 aliphatic heterocycles. The topological polar surface area (TPSA) is 62.5 Å². The first-order valence-electron chi connectivity index (χ1n) is 6.89. The normalized spacial score (nSPS) is 13.0. The van der Waals surface area contributed by atoms with E-state index in [9.17, 15) is 23.1 Å². The molecule has 0 saturated carbocycles. The minimum Gasteiger partial charge on any atom is -0.456 e. The fourth-order valence-electron chi connectivity index (χ4n) is 2.20. The summed E-state index contributed by atoms with van der Waals surface area (Å²) in [6.45, 7) is 2.75. The van der Waals surface area contributed by atoms with Gasteiger partial charge in [-0.25, -0.2) is 0 Å². The number of aryl methyl sites for hydroxylation is 2. The number of amides is 1. The van der Waals surface area contributed by atoms with Gasteiger partial charge in [0, 0.05) is 0 Å². The molecule has 1 heterocycles. The number of alkyl halides is 3. The number of hydrogen-bond donors (Lipinski definition) is 2. The van der Waals surface area contributed by atoms with Crippen LogP contribution in [0.5, 0.6) is 0 Å². The van der Waals surface area contributed by atoms with Crippen molar-refractivity contribution in [1.82, 2.24) is 5.32 Å². The van der Waals surface area contributed by atoms with E-state index < -0.39 is 30.3 Å². The molecule has 0 radical (unpaired) electrons. The number of benzene rings is 1. The van der Waals surface area contributed by atoms with E-state index in [1.165, 1.54) is 24.3 Å². The summed E-state index contributed by atoms with van der Waals surface area (Å²) in [5, 5.41) is 11.8. The summed E-state index contributed by atoms with van der Waals surface area (Å²) < 4.78 is 44.4. The minimum atomic E-state index is -4.58. The summed E-state index contributed by atoms with van der Waals surface area (Å²) in [5.41, 5.74) is -0.339. The number of carbonyl (C=O) groups is 1. The van der Waals surface area contributed by atoms with Gasteiger partial charge in [0.1, 0.15) is 5.76 Å². The van der Waals surface area contributed by atoms with Crippen LogP contribution < -0.4 is 5.32 Å². The van der Waals surface area contributed by atoms with Gasteiger partial charge in [0.2, 0.25) is 0 Å². The molecule has 23 heavy (non-hydrogen) atoms. The van der Waals surface area contributed by atoms with Crippen LogP contribution in [-0.4, -0.2) is 17.6 Å². The van der Waals surface area contributed by atoms with Crippen LogP contribution in [0.15, 0.2) is 34.7 Å². The Bertz CT molecular complexity index is 687. The molecular weight excluding hydrogens is 311 g/mol. The van der Waals surface area contributed by atoms with E-state index in [0.29, 0.717) is 5.76 Å². The van der Waals surface area contributed by atoms with Crippen molar-refractivity contribution in [3.8, 4) is 0 Å². The van der Waals surface area contributed by atoms with Crippen molar-refractivity contribution < 1.29 is 27.5 Å². The quantitative estimate of drug-likeness (QED) is 0.905. The molecule has 0 fully saturated rings. The molecule has 124 valence electrons. The largest absolute Gasteiger partial charge is 0.456 e. The molecule has 2 N–H and O–H groups in total. The van der Waals surface area contributed by atoms with Crippen LogP contribution in [0.1, 0.15) is 39.0 Å². The highest BCUT2D eigenvalue weighted by molar-refractivity contribution is 5.92. The molecule has 0 bridgehead atoms. The molecule has 1 amide bonds. The number of hydrogen-bond acceptors (Lipinski definition) is 3. The monoisotopic (exact) mass is 327 g/mol. The average molecular weight is 327 g/mol. The van der Waals surface area contributed by atoms with Crippen molar-refractivity contribution in [3.63, 3.8) is 0 Å². The van der Waals surface area contributed by atoms with E-state index in [-0.39, 0.29) is 11.3 Å². The lowest BCUT2D eigenvalue weighted by molar-refractivity contribution is -0.138. The van der Waals surface area contributed by atoms with Crippen LogP contribution in [0.3, 0.4) is 0 Å². The van der Waals surface area contributed by atoms with E-state index in [2.05, 4.69) is 5.32 Å². The van der Waals surface area contributed by atoms with Crippen LogP contribution in [0, 0.1) is 13.8 Å². The second-order valence-corrected chi connectivity index (χ2v) is 5.14.